The van der Waals surface area contributed by atoms with Crippen molar-refractivity contribution in [1.29, 1.82) is 0 Å². The molecule has 5 nitrogen and oxygen atoms in total. The van der Waals surface area contributed by atoms with E-state index in [4.69, 9.17) is 4.74 Å². The molecule has 0 N–H and O–H groups in total. The fraction of sp³-hybridized carbons (Fsp3) is 0.636. The largest absolute Gasteiger partial charge is 0.491 e. The number of hydrogen-bond donors (Lipinski definition) is 0. The van der Waals surface area contributed by atoms with Crippen molar-refractivity contribution in [3.8, 4) is 5.75 Å². The number of hydrogen-bond acceptors (Lipinski definition) is 4. The smallest absolute Gasteiger partial charge is 0.219 e. The minimum absolute atomic E-state index is 0.0545. The molecule has 0 aromatic heterocycles. The third-order valence-corrected chi connectivity index (χ3v) is 5.74. The van der Waals surface area contributed by atoms with Gasteiger partial charge in [0.1, 0.15) is 5.75 Å². The lowest BCUT2D eigenvalue weighted by Gasteiger charge is -2.42. The van der Waals surface area contributed by atoms with Crippen molar-refractivity contribution in [3.05, 3.63) is 29.8 Å². The van der Waals surface area contributed by atoms with Gasteiger partial charge < -0.3 is 9.64 Å². The van der Waals surface area contributed by atoms with E-state index < -0.39 is 0 Å². The first-order chi connectivity index (χ1) is 12.9. The zero-order valence-electron chi connectivity index (χ0n) is 16.8. The summed E-state index contributed by atoms with van der Waals surface area (Å²) in [7, 11) is 0. The minimum atomic E-state index is 0.0545. The summed E-state index contributed by atoms with van der Waals surface area (Å²) in [6, 6.07) is 8.09. The summed E-state index contributed by atoms with van der Waals surface area (Å²) < 4.78 is 5.74. The second kappa shape index (κ2) is 8.87. The van der Waals surface area contributed by atoms with Crippen LogP contribution in [0.2, 0.25) is 0 Å². The Hall–Kier alpha value is -1.88. The molecule has 1 atom stereocenters. The van der Waals surface area contributed by atoms with E-state index in [2.05, 4.69) is 4.90 Å². The van der Waals surface area contributed by atoms with E-state index in [0.717, 1.165) is 63.2 Å². The number of Topliss-reactive ketones (excluding diaryl/α,β-unsaturated/α-hetero) is 1. The first kappa shape index (κ1) is 19.9. The molecule has 2 heterocycles. The molecule has 0 aliphatic carbocycles. The Kier molecular flexibility index (Phi) is 6.53. The van der Waals surface area contributed by atoms with Crippen LogP contribution in [0.5, 0.6) is 5.75 Å². The lowest BCUT2D eigenvalue weighted by atomic mass is 9.88. The molecule has 0 saturated carbocycles. The van der Waals surface area contributed by atoms with Crippen LogP contribution in [-0.2, 0) is 4.79 Å². The Balaban J connectivity index is 1.61. The Morgan fingerprint density at radius 2 is 1.85 bits per heavy atom. The molecule has 2 aliphatic heterocycles. The summed E-state index contributed by atoms with van der Waals surface area (Å²) >= 11 is 0. The SMILES string of the molecule is CC(=O)N1CCC(N2CCC[C@@H](C(=O)c3cccc(OC(C)C)c3)C2)CC1. The maximum atomic E-state index is 13.1. The number of benzene rings is 1. The van der Waals surface area contributed by atoms with Crippen molar-refractivity contribution in [3.63, 3.8) is 0 Å². The topological polar surface area (TPSA) is 49.9 Å². The zero-order valence-corrected chi connectivity index (χ0v) is 16.8. The van der Waals surface area contributed by atoms with Crippen molar-refractivity contribution < 1.29 is 14.3 Å². The van der Waals surface area contributed by atoms with Crippen LogP contribution in [0.4, 0.5) is 0 Å². The summed E-state index contributed by atoms with van der Waals surface area (Å²) in [5.74, 6) is 1.22. The highest BCUT2D eigenvalue weighted by molar-refractivity contribution is 5.98. The van der Waals surface area contributed by atoms with Crippen molar-refractivity contribution in [2.75, 3.05) is 26.2 Å². The number of ketones is 1. The van der Waals surface area contributed by atoms with Crippen LogP contribution in [0.25, 0.3) is 0 Å². The molecule has 1 amide bonds. The second-order valence-corrected chi connectivity index (χ2v) is 8.13. The van der Waals surface area contributed by atoms with Crippen LogP contribution >= 0.6 is 0 Å². The quantitative estimate of drug-likeness (QED) is 0.744. The van der Waals surface area contributed by atoms with Gasteiger partial charge in [-0.05, 0) is 58.2 Å². The third kappa shape index (κ3) is 5.10. The van der Waals surface area contributed by atoms with Gasteiger partial charge >= 0.3 is 0 Å². The number of nitrogens with zero attached hydrogens (tertiary/aromatic N) is 2. The van der Waals surface area contributed by atoms with E-state index in [1.165, 1.54) is 0 Å². The number of likely N-dealkylation sites (tertiary alicyclic amines) is 2. The Morgan fingerprint density at radius 1 is 1.11 bits per heavy atom. The number of amides is 1. The molecule has 2 saturated heterocycles. The lowest BCUT2D eigenvalue weighted by Crippen LogP contribution is -2.50. The van der Waals surface area contributed by atoms with Gasteiger partial charge in [0.25, 0.3) is 0 Å². The van der Waals surface area contributed by atoms with Crippen molar-refractivity contribution in [2.24, 2.45) is 5.92 Å². The van der Waals surface area contributed by atoms with Gasteiger partial charge in [-0.2, -0.15) is 0 Å². The molecule has 3 rings (SSSR count). The van der Waals surface area contributed by atoms with Gasteiger partial charge in [-0.25, -0.2) is 0 Å². The van der Waals surface area contributed by atoms with Crippen molar-refractivity contribution >= 4 is 11.7 Å². The highest BCUT2D eigenvalue weighted by Gasteiger charge is 2.32. The zero-order chi connectivity index (χ0) is 19.4. The Morgan fingerprint density at radius 3 is 2.52 bits per heavy atom. The first-order valence-electron chi connectivity index (χ1n) is 10.2. The fourth-order valence-electron chi connectivity index (χ4n) is 4.33. The highest BCUT2D eigenvalue weighted by atomic mass is 16.5. The summed E-state index contributed by atoms with van der Waals surface area (Å²) in [6.45, 7) is 9.19. The monoisotopic (exact) mass is 372 g/mol. The number of carbonyl (C=O) groups is 2. The molecule has 0 unspecified atom stereocenters. The Bertz CT molecular complexity index is 665. The van der Waals surface area contributed by atoms with E-state index in [0.29, 0.717) is 6.04 Å². The summed E-state index contributed by atoms with van der Waals surface area (Å²) in [5.41, 5.74) is 0.756. The van der Waals surface area contributed by atoms with Gasteiger partial charge in [0.05, 0.1) is 6.10 Å². The van der Waals surface area contributed by atoms with E-state index in [9.17, 15) is 9.59 Å². The molecule has 1 aromatic rings. The normalized spacial score (nSPS) is 22.1. The van der Waals surface area contributed by atoms with Crippen LogP contribution < -0.4 is 4.74 Å². The predicted molar refractivity (Wildman–Crippen MR) is 106 cm³/mol. The van der Waals surface area contributed by atoms with Crippen LogP contribution in [0.3, 0.4) is 0 Å². The van der Waals surface area contributed by atoms with Gasteiger partial charge in [-0.15, -0.1) is 0 Å². The molecule has 5 heteroatoms. The molecule has 2 fully saturated rings. The van der Waals surface area contributed by atoms with Crippen LogP contribution in [0.1, 0.15) is 56.8 Å². The average Bonchev–Trinajstić information content (AvgIpc) is 2.67. The van der Waals surface area contributed by atoms with Crippen molar-refractivity contribution in [1.82, 2.24) is 9.80 Å². The Labute approximate surface area is 162 Å². The number of ether oxygens (including phenoxy) is 1. The average molecular weight is 373 g/mol. The first-order valence-corrected chi connectivity index (χ1v) is 10.2. The third-order valence-electron chi connectivity index (χ3n) is 5.74. The summed E-state index contributed by atoms with van der Waals surface area (Å²) in [5, 5.41) is 0. The molecule has 2 aliphatic rings. The van der Waals surface area contributed by atoms with E-state index >= 15 is 0 Å². The molecule has 27 heavy (non-hydrogen) atoms. The number of rotatable bonds is 5. The highest BCUT2D eigenvalue weighted by Crippen LogP contribution is 2.27. The maximum Gasteiger partial charge on any atom is 0.219 e. The van der Waals surface area contributed by atoms with Crippen LogP contribution in [0, 0.1) is 5.92 Å². The number of piperidine rings is 2. The van der Waals surface area contributed by atoms with Crippen LogP contribution in [-0.4, -0.2) is 59.8 Å². The molecular weight excluding hydrogens is 340 g/mol. The lowest BCUT2D eigenvalue weighted by molar-refractivity contribution is -0.130. The fourth-order valence-corrected chi connectivity index (χ4v) is 4.33. The van der Waals surface area contributed by atoms with Gasteiger partial charge in [0.15, 0.2) is 5.78 Å². The maximum absolute atomic E-state index is 13.1. The second-order valence-electron chi connectivity index (χ2n) is 8.13. The number of carbonyl (C=O) groups excluding carboxylic acids is 2. The summed E-state index contributed by atoms with van der Waals surface area (Å²) in [6.07, 6.45) is 4.14. The predicted octanol–water partition coefficient (Wildman–Crippen LogP) is 3.38. The van der Waals surface area contributed by atoms with E-state index in [-0.39, 0.29) is 23.7 Å². The van der Waals surface area contributed by atoms with Crippen LogP contribution in [0.15, 0.2) is 24.3 Å². The molecular formula is C22H32N2O3. The standard InChI is InChI=1S/C22H32N2O3/c1-16(2)27-21-8-4-6-18(14-21)22(26)19-7-5-11-24(15-19)20-9-12-23(13-10-20)17(3)25/h4,6,8,14,16,19-20H,5,7,9-13,15H2,1-3H3/t19-/m1/s1. The molecule has 0 bridgehead atoms. The molecule has 0 radical (unpaired) electrons. The molecule has 0 spiro atoms. The van der Waals surface area contributed by atoms with E-state index in [1.54, 1.807) is 6.92 Å². The van der Waals surface area contributed by atoms with Gasteiger partial charge in [-0.1, -0.05) is 12.1 Å². The van der Waals surface area contributed by atoms with Crippen molar-refractivity contribution in [2.45, 2.75) is 58.6 Å². The minimum Gasteiger partial charge on any atom is -0.491 e. The van der Waals surface area contributed by atoms with Gasteiger partial charge in [-0.3, -0.25) is 14.5 Å². The molecule has 148 valence electrons. The molecule has 1 aromatic carbocycles. The van der Waals surface area contributed by atoms with Gasteiger partial charge in [0.2, 0.25) is 5.91 Å². The van der Waals surface area contributed by atoms with E-state index in [1.807, 2.05) is 43.0 Å². The van der Waals surface area contributed by atoms with Gasteiger partial charge in [0, 0.05) is 44.1 Å². The summed E-state index contributed by atoms with van der Waals surface area (Å²) in [4.78, 5) is 29.0.